The van der Waals surface area contributed by atoms with Crippen molar-refractivity contribution in [3.63, 3.8) is 0 Å². The molecule has 0 unspecified atom stereocenters. The van der Waals surface area contributed by atoms with E-state index < -0.39 is 42.6 Å². The van der Waals surface area contributed by atoms with Crippen LogP contribution >= 0.6 is 0 Å². The predicted octanol–water partition coefficient (Wildman–Crippen LogP) is -0.398. The molecule has 1 saturated heterocycles. The fourth-order valence-electron chi connectivity index (χ4n) is 1.92. The number of hydrogen-bond acceptors (Lipinski definition) is 7. The van der Waals surface area contributed by atoms with E-state index in [9.17, 15) is 14.7 Å². The zero-order chi connectivity index (χ0) is 13.9. The molecule has 0 saturated carbocycles. The van der Waals surface area contributed by atoms with Crippen LogP contribution in [0, 0.1) is 0 Å². The fraction of sp³-hybridized carbons (Fsp3) is 0.818. The van der Waals surface area contributed by atoms with Crippen molar-refractivity contribution in [2.45, 2.75) is 51.5 Å². The number of ether oxygens (including phenoxy) is 4. The lowest BCUT2D eigenvalue weighted by Gasteiger charge is -2.41. The Hall–Kier alpha value is -1.18. The SMILES string of the molecule is CO[C@@H]1[C@H](OC(C)=O)[C@H](OC(C)=O)[C@H](C)O[C@H]1O. The smallest absolute Gasteiger partial charge is 0.303 e. The summed E-state index contributed by atoms with van der Waals surface area (Å²) < 4.78 is 20.3. The van der Waals surface area contributed by atoms with Gasteiger partial charge in [0.15, 0.2) is 18.5 Å². The summed E-state index contributed by atoms with van der Waals surface area (Å²) >= 11 is 0. The van der Waals surface area contributed by atoms with Crippen molar-refractivity contribution < 1.29 is 33.6 Å². The number of rotatable bonds is 3. The molecule has 1 heterocycles. The molecule has 0 aromatic carbocycles. The Bertz CT molecular complexity index is 317. The molecular weight excluding hydrogens is 244 g/mol. The Morgan fingerprint density at radius 3 is 2.00 bits per heavy atom. The van der Waals surface area contributed by atoms with E-state index in [1.807, 2.05) is 0 Å². The molecule has 0 aromatic heterocycles. The van der Waals surface area contributed by atoms with Crippen molar-refractivity contribution in [2.24, 2.45) is 0 Å². The van der Waals surface area contributed by atoms with E-state index in [1.54, 1.807) is 6.92 Å². The van der Waals surface area contributed by atoms with E-state index in [1.165, 1.54) is 21.0 Å². The fourth-order valence-corrected chi connectivity index (χ4v) is 1.92. The monoisotopic (exact) mass is 262 g/mol. The minimum Gasteiger partial charge on any atom is -0.456 e. The van der Waals surface area contributed by atoms with Crippen molar-refractivity contribution >= 4 is 11.9 Å². The topological polar surface area (TPSA) is 91.3 Å². The Morgan fingerprint density at radius 1 is 1.06 bits per heavy atom. The maximum atomic E-state index is 11.1. The van der Waals surface area contributed by atoms with Gasteiger partial charge in [-0.2, -0.15) is 0 Å². The summed E-state index contributed by atoms with van der Waals surface area (Å²) in [4.78, 5) is 22.1. The first-order chi connectivity index (χ1) is 8.36. The maximum absolute atomic E-state index is 11.1. The molecule has 0 radical (unpaired) electrons. The van der Waals surface area contributed by atoms with Gasteiger partial charge in [-0.1, -0.05) is 0 Å². The first-order valence-electron chi connectivity index (χ1n) is 5.57. The van der Waals surface area contributed by atoms with Crippen LogP contribution in [0.5, 0.6) is 0 Å². The van der Waals surface area contributed by atoms with Gasteiger partial charge in [-0.25, -0.2) is 0 Å². The number of esters is 2. The lowest BCUT2D eigenvalue weighted by molar-refractivity contribution is -0.289. The minimum absolute atomic E-state index is 0.529. The Kier molecular flexibility index (Phi) is 5.06. The average molecular weight is 262 g/mol. The highest BCUT2D eigenvalue weighted by Gasteiger charge is 2.48. The van der Waals surface area contributed by atoms with Crippen LogP contribution in [-0.4, -0.2) is 54.9 Å². The van der Waals surface area contributed by atoms with Crippen molar-refractivity contribution in [3.8, 4) is 0 Å². The number of carbonyl (C=O) groups excluding carboxylic acids is 2. The van der Waals surface area contributed by atoms with Crippen LogP contribution in [0.15, 0.2) is 0 Å². The van der Waals surface area contributed by atoms with Gasteiger partial charge in [0.25, 0.3) is 0 Å². The quantitative estimate of drug-likeness (QED) is 0.692. The van der Waals surface area contributed by atoms with Gasteiger partial charge in [0, 0.05) is 21.0 Å². The summed E-state index contributed by atoms with van der Waals surface area (Å²) in [6.45, 7) is 4.08. The minimum atomic E-state index is -1.25. The normalized spacial score (nSPS) is 35.9. The van der Waals surface area contributed by atoms with Crippen LogP contribution in [0.3, 0.4) is 0 Å². The molecule has 1 aliphatic heterocycles. The Balaban J connectivity index is 2.93. The van der Waals surface area contributed by atoms with E-state index in [2.05, 4.69) is 0 Å². The molecule has 18 heavy (non-hydrogen) atoms. The van der Waals surface area contributed by atoms with Gasteiger partial charge >= 0.3 is 11.9 Å². The summed E-state index contributed by atoms with van der Waals surface area (Å²) in [5.74, 6) is -1.08. The van der Waals surface area contributed by atoms with Gasteiger partial charge in [-0.15, -0.1) is 0 Å². The number of carbonyl (C=O) groups is 2. The predicted molar refractivity (Wildman–Crippen MR) is 58.5 cm³/mol. The molecule has 5 atom stereocenters. The standard InChI is InChI=1S/C11H18O7/c1-5-8(17-6(2)12)9(18-7(3)13)10(15-4)11(14)16-5/h5,8-11,14H,1-4H3/t5-,8+,9+,10+,11+/m0/s1. The molecular formula is C11H18O7. The van der Waals surface area contributed by atoms with Crippen LogP contribution in [0.1, 0.15) is 20.8 Å². The zero-order valence-electron chi connectivity index (χ0n) is 10.8. The van der Waals surface area contributed by atoms with E-state index >= 15 is 0 Å². The Labute approximate surface area is 105 Å². The second-order valence-electron chi connectivity index (χ2n) is 4.08. The number of aliphatic hydroxyl groups is 1. The highest BCUT2D eigenvalue weighted by Crippen LogP contribution is 2.26. The van der Waals surface area contributed by atoms with Gasteiger partial charge in [0.1, 0.15) is 6.10 Å². The van der Waals surface area contributed by atoms with Crippen LogP contribution in [0.4, 0.5) is 0 Å². The first kappa shape index (κ1) is 14.9. The van der Waals surface area contributed by atoms with E-state index in [0.29, 0.717) is 0 Å². The number of aliphatic hydroxyl groups excluding tert-OH is 1. The van der Waals surface area contributed by atoms with Gasteiger partial charge in [-0.3, -0.25) is 9.59 Å². The van der Waals surface area contributed by atoms with E-state index in [0.717, 1.165) is 0 Å². The van der Waals surface area contributed by atoms with Crippen LogP contribution in [0.2, 0.25) is 0 Å². The molecule has 0 amide bonds. The zero-order valence-corrected chi connectivity index (χ0v) is 10.8. The molecule has 1 N–H and O–H groups in total. The molecule has 0 aromatic rings. The first-order valence-corrected chi connectivity index (χ1v) is 5.57. The van der Waals surface area contributed by atoms with Gasteiger partial charge in [-0.05, 0) is 6.92 Å². The van der Waals surface area contributed by atoms with Crippen molar-refractivity contribution in [3.05, 3.63) is 0 Å². The third-order valence-corrected chi connectivity index (χ3v) is 2.62. The Morgan fingerprint density at radius 2 is 1.56 bits per heavy atom. The molecule has 7 heteroatoms. The molecule has 7 nitrogen and oxygen atoms in total. The summed E-state index contributed by atoms with van der Waals surface area (Å²) in [5, 5.41) is 9.70. The highest BCUT2D eigenvalue weighted by atomic mass is 16.7. The van der Waals surface area contributed by atoms with Gasteiger partial charge in [0.2, 0.25) is 0 Å². The third-order valence-electron chi connectivity index (χ3n) is 2.62. The van der Waals surface area contributed by atoms with Crippen molar-refractivity contribution in [1.82, 2.24) is 0 Å². The maximum Gasteiger partial charge on any atom is 0.303 e. The molecule has 1 fully saturated rings. The molecule has 104 valence electrons. The van der Waals surface area contributed by atoms with Crippen molar-refractivity contribution in [2.75, 3.05) is 7.11 Å². The molecule has 0 spiro atoms. The van der Waals surface area contributed by atoms with Crippen LogP contribution < -0.4 is 0 Å². The lowest BCUT2D eigenvalue weighted by atomic mass is 9.99. The largest absolute Gasteiger partial charge is 0.456 e. The lowest BCUT2D eigenvalue weighted by Crippen LogP contribution is -2.59. The molecule has 1 aliphatic rings. The van der Waals surface area contributed by atoms with E-state index in [-0.39, 0.29) is 0 Å². The summed E-state index contributed by atoms with van der Waals surface area (Å²) in [7, 11) is 1.34. The van der Waals surface area contributed by atoms with Gasteiger partial charge < -0.3 is 24.1 Å². The van der Waals surface area contributed by atoms with Crippen LogP contribution in [-0.2, 0) is 28.5 Å². The summed E-state index contributed by atoms with van der Waals surface area (Å²) in [6, 6.07) is 0. The average Bonchev–Trinajstić information content (AvgIpc) is 2.23. The second-order valence-corrected chi connectivity index (χ2v) is 4.08. The summed E-state index contributed by atoms with van der Waals surface area (Å²) in [6.07, 6.45) is -4.50. The number of hydrogen-bond donors (Lipinski definition) is 1. The molecule has 0 bridgehead atoms. The summed E-state index contributed by atoms with van der Waals surface area (Å²) in [5.41, 5.74) is 0. The highest BCUT2D eigenvalue weighted by molar-refractivity contribution is 5.67. The van der Waals surface area contributed by atoms with Gasteiger partial charge in [0.05, 0.1) is 6.10 Å². The second kappa shape index (κ2) is 6.12. The number of methoxy groups -OCH3 is 1. The molecule has 1 rings (SSSR count). The van der Waals surface area contributed by atoms with E-state index in [4.69, 9.17) is 18.9 Å². The van der Waals surface area contributed by atoms with Crippen LogP contribution in [0.25, 0.3) is 0 Å². The van der Waals surface area contributed by atoms with Crippen molar-refractivity contribution in [1.29, 1.82) is 0 Å². The third kappa shape index (κ3) is 3.41. The molecule has 0 aliphatic carbocycles.